The average Bonchev–Trinajstić information content (AvgIpc) is 3.02. The SMILES string of the molecule is Cc1cc(-c2cc([C@@H]3C[C@H]3c3cnn(C)c3Cl)nn2C)nn2c(C)nnc12. The van der Waals surface area contributed by atoms with Gasteiger partial charge < -0.3 is 0 Å². The highest BCUT2D eigenvalue weighted by Crippen LogP contribution is 2.55. The predicted molar refractivity (Wildman–Crippen MR) is 101 cm³/mol. The van der Waals surface area contributed by atoms with Gasteiger partial charge in [0, 0.05) is 25.6 Å². The third-order valence-electron chi connectivity index (χ3n) is 5.33. The van der Waals surface area contributed by atoms with Crippen molar-refractivity contribution in [2.24, 2.45) is 14.1 Å². The fraction of sp³-hybridized carbons (Fsp3) is 0.389. The molecule has 0 unspecified atom stereocenters. The minimum Gasteiger partial charge on any atom is -0.266 e. The molecule has 0 saturated heterocycles. The third-order valence-corrected chi connectivity index (χ3v) is 5.80. The van der Waals surface area contributed by atoms with Crippen LogP contribution >= 0.6 is 11.6 Å². The smallest absolute Gasteiger partial charge is 0.180 e. The summed E-state index contributed by atoms with van der Waals surface area (Å²) in [6.45, 7) is 3.92. The number of hydrogen-bond acceptors (Lipinski definition) is 5. The van der Waals surface area contributed by atoms with Gasteiger partial charge in [0.25, 0.3) is 0 Å². The molecule has 0 spiro atoms. The van der Waals surface area contributed by atoms with E-state index in [1.54, 1.807) is 9.20 Å². The Morgan fingerprint density at radius 2 is 1.85 bits per heavy atom. The molecule has 0 N–H and O–H groups in total. The summed E-state index contributed by atoms with van der Waals surface area (Å²) in [7, 11) is 3.81. The van der Waals surface area contributed by atoms with Crippen molar-refractivity contribution in [3.05, 3.63) is 46.1 Å². The van der Waals surface area contributed by atoms with Gasteiger partial charge in [0.1, 0.15) is 10.8 Å². The molecule has 1 fully saturated rings. The molecule has 4 aromatic heterocycles. The molecule has 27 heavy (non-hydrogen) atoms. The molecule has 1 aliphatic carbocycles. The van der Waals surface area contributed by atoms with Crippen LogP contribution in [-0.4, -0.2) is 39.4 Å². The number of fused-ring (bicyclic) bond motifs is 1. The summed E-state index contributed by atoms with van der Waals surface area (Å²) in [5.41, 5.74) is 5.83. The second kappa shape index (κ2) is 5.63. The molecule has 2 atom stereocenters. The molecule has 1 saturated carbocycles. The monoisotopic (exact) mass is 382 g/mol. The van der Waals surface area contributed by atoms with Crippen molar-refractivity contribution in [1.82, 2.24) is 39.4 Å². The van der Waals surface area contributed by atoms with E-state index in [4.69, 9.17) is 21.8 Å². The van der Waals surface area contributed by atoms with Crippen molar-refractivity contribution in [3.63, 3.8) is 0 Å². The molecule has 8 nitrogen and oxygen atoms in total. The fourth-order valence-electron chi connectivity index (χ4n) is 3.72. The highest BCUT2D eigenvalue weighted by Gasteiger charge is 2.43. The van der Waals surface area contributed by atoms with Gasteiger partial charge in [-0.05, 0) is 43.9 Å². The molecular formula is C18H19ClN8. The highest BCUT2D eigenvalue weighted by atomic mass is 35.5. The van der Waals surface area contributed by atoms with Gasteiger partial charge >= 0.3 is 0 Å². The largest absolute Gasteiger partial charge is 0.266 e. The van der Waals surface area contributed by atoms with Crippen LogP contribution in [0.15, 0.2) is 18.3 Å². The Labute approximate surface area is 160 Å². The molecule has 4 aromatic rings. The molecule has 138 valence electrons. The topological polar surface area (TPSA) is 78.7 Å². The minimum absolute atomic E-state index is 0.369. The Bertz CT molecular complexity index is 1180. The average molecular weight is 383 g/mol. The molecule has 1 aliphatic rings. The van der Waals surface area contributed by atoms with E-state index >= 15 is 0 Å². The maximum absolute atomic E-state index is 6.36. The number of nitrogens with zero attached hydrogens (tertiary/aromatic N) is 8. The zero-order valence-electron chi connectivity index (χ0n) is 15.5. The first-order valence-electron chi connectivity index (χ1n) is 8.85. The van der Waals surface area contributed by atoms with Crippen LogP contribution in [-0.2, 0) is 14.1 Å². The van der Waals surface area contributed by atoms with Crippen molar-refractivity contribution >= 4 is 17.2 Å². The second-order valence-corrected chi connectivity index (χ2v) is 7.59. The molecule has 0 bridgehead atoms. The van der Waals surface area contributed by atoms with E-state index in [1.165, 1.54) is 0 Å². The standard InChI is InChI=1S/C18H19ClN8/c1-9-5-15(24-27-10(2)21-22-18(9)27)16-7-14(23-25(16)3)12-6-11(12)13-8-20-26(4)17(13)19/h5,7-8,11-12H,6H2,1-4H3/t11-,12-/m1/s1. The first-order chi connectivity index (χ1) is 12.9. The lowest BCUT2D eigenvalue weighted by Crippen LogP contribution is -2.02. The van der Waals surface area contributed by atoms with E-state index in [1.807, 2.05) is 44.9 Å². The molecular weight excluding hydrogens is 364 g/mol. The van der Waals surface area contributed by atoms with Crippen molar-refractivity contribution in [1.29, 1.82) is 0 Å². The van der Waals surface area contributed by atoms with E-state index in [0.29, 0.717) is 17.0 Å². The van der Waals surface area contributed by atoms with Gasteiger partial charge in [-0.25, -0.2) is 0 Å². The summed E-state index contributed by atoms with van der Waals surface area (Å²) < 4.78 is 5.38. The summed E-state index contributed by atoms with van der Waals surface area (Å²) in [5, 5.41) is 22.7. The van der Waals surface area contributed by atoms with Crippen molar-refractivity contribution < 1.29 is 0 Å². The number of rotatable bonds is 3. The number of aromatic nitrogens is 8. The Kier molecular flexibility index (Phi) is 3.42. The normalized spacial score (nSPS) is 19.1. The summed E-state index contributed by atoms with van der Waals surface area (Å²) >= 11 is 6.36. The predicted octanol–water partition coefficient (Wildman–Crippen LogP) is 2.80. The summed E-state index contributed by atoms with van der Waals surface area (Å²) in [6.07, 6.45) is 2.91. The van der Waals surface area contributed by atoms with Gasteiger partial charge in [-0.3, -0.25) is 9.36 Å². The van der Waals surface area contributed by atoms with Crippen LogP contribution < -0.4 is 0 Å². The van der Waals surface area contributed by atoms with Gasteiger partial charge in [-0.15, -0.1) is 10.2 Å². The maximum Gasteiger partial charge on any atom is 0.180 e. The van der Waals surface area contributed by atoms with Gasteiger partial charge in [0.2, 0.25) is 0 Å². The Balaban J connectivity index is 1.51. The lowest BCUT2D eigenvalue weighted by Gasteiger charge is -2.04. The van der Waals surface area contributed by atoms with Gasteiger partial charge in [-0.1, -0.05) is 11.6 Å². The summed E-state index contributed by atoms with van der Waals surface area (Å²) in [6, 6.07) is 4.16. The van der Waals surface area contributed by atoms with E-state index < -0.39 is 0 Å². The van der Waals surface area contributed by atoms with Crippen molar-refractivity contribution in [2.75, 3.05) is 0 Å². The zero-order valence-corrected chi connectivity index (χ0v) is 16.3. The molecule has 0 aliphatic heterocycles. The Morgan fingerprint density at radius 1 is 1.04 bits per heavy atom. The van der Waals surface area contributed by atoms with Crippen LogP contribution in [0.3, 0.4) is 0 Å². The lowest BCUT2D eigenvalue weighted by molar-refractivity contribution is 0.741. The minimum atomic E-state index is 0.369. The third kappa shape index (κ3) is 2.47. The van der Waals surface area contributed by atoms with E-state index in [0.717, 1.165) is 46.1 Å². The van der Waals surface area contributed by atoms with E-state index in [9.17, 15) is 0 Å². The molecule has 9 heteroatoms. The van der Waals surface area contributed by atoms with Crippen LogP contribution in [0.4, 0.5) is 0 Å². The maximum atomic E-state index is 6.36. The van der Waals surface area contributed by atoms with Gasteiger partial charge in [-0.2, -0.15) is 19.8 Å². The van der Waals surface area contributed by atoms with Crippen LogP contribution in [0, 0.1) is 13.8 Å². The Morgan fingerprint density at radius 3 is 2.59 bits per heavy atom. The molecule has 0 amide bonds. The quantitative estimate of drug-likeness (QED) is 0.544. The number of aryl methyl sites for hydroxylation is 4. The van der Waals surface area contributed by atoms with Gasteiger partial charge in [0.05, 0.1) is 17.6 Å². The number of halogens is 1. The first kappa shape index (κ1) is 16.4. The Hall–Kier alpha value is -2.74. The summed E-state index contributed by atoms with van der Waals surface area (Å²) in [4.78, 5) is 0. The van der Waals surface area contributed by atoms with E-state index in [2.05, 4.69) is 21.4 Å². The van der Waals surface area contributed by atoms with Crippen LogP contribution in [0.1, 0.15) is 40.9 Å². The summed E-state index contributed by atoms with van der Waals surface area (Å²) in [5.74, 6) is 1.52. The highest BCUT2D eigenvalue weighted by molar-refractivity contribution is 6.30. The molecule has 5 rings (SSSR count). The van der Waals surface area contributed by atoms with Crippen molar-refractivity contribution in [3.8, 4) is 11.4 Å². The zero-order chi connectivity index (χ0) is 18.9. The lowest BCUT2D eigenvalue weighted by atomic mass is 10.1. The number of hydrogen-bond donors (Lipinski definition) is 0. The van der Waals surface area contributed by atoms with Crippen LogP contribution in [0.5, 0.6) is 0 Å². The fourth-order valence-corrected chi connectivity index (χ4v) is 3.95. The molecule has 0 aromatic carbocycles. The second-order valence-electron chi connectivity index (χ2n) is 7.24. The van der Waals surface area contributed by atoms with Crippen LogP contribution in [0.25, 0.3) is 17.0 Å². The molecule has 0 radical (unpaired) electrons. The van der Waals surface area contributed by atoms with Crippen molar-refractivity contribution in [2.45, 2.75) is 32.1 Å². The molecule has 4 heterocycles. The van der Waals surface area contributed by atoms with E-state index in [-0.39, 0.29) is 0 Å². The first-order valence-corrected chi connectivity index (χ1v) is 9.23. The van der Waals surface area contributed by atoms with Gasteiger partial charge in [0.15, 0.2) is 11.5 Å². The van der Waals surface area contributed by atoms with Crippen LogP contribution in [0.2, 0.25) is 5.15 Å².